The maximum atomic E-state index is 4.02. The van der Waals surface area contributed by atoms with Crippen LogP contribution in [-0.4, -0.2) is 18.1 Å². The van der Waals surface area contributed by atoms with Gasteiger partial charge in [0, 0.05) is 12.4 Å². The van der Waals surface area contributed by atoms with Crippen LogP contribution in [0.15, 0.2) is 24.5 Å². The minimum Gasteiger partial charge on any atom is -0.316 e. The Balaban J connectivity index is 1.59. The van der Waals surface area contributed by atoms with Crippen molar-refractivity contribution in [2.24, 2.45) is 5.92 Å². The topological polar surface area (TPSA) is 24.9 Å². The van der Waals surface area contributed by atoms with Gasteiger partial charge in [0.15, 0.2) is 0 Å². The van der Waals surface area contributed by atoms with E-state index >= 15 is 0 Å². The van der Waals surface area contributed by atoms with Gasteiger partial charge < -0.3 is 5.32 Å². The molecule has 0 saturated heterocycles. The molecule has 0 unspecified atom stereocenters. The Kier molecular flexibility index (Phi) is 4.15. The molecule has 1 fully saturated rings. The molecule has 0 radical (unpaired) electrons. The summed E-state index contributed by atoms with van der Waals surface area (Å²) in [6.07, 6.45) is 10.6. The minimum atomic E-state index is 0.947. The fourth-order valence-corrected chi connectivity index (χ4v) is 2.30. The molecule has 0 atom stereocenters. The first kappa shape index (κ1) is 10.6. The summed E-state index contributed by atoms with van der Waals surface area (Å²) in [5.74, 6) is 0.947. The highest BCUT2D eigenvalue weighted by atomic mass is 14.9. The van der Waals surface area contributed by atoms with Gasteiger partial charge in [-0.15, -0.1) is 0 Å². The maximum Gasteiger partial charge on any atom is 0.0270 e. The lowest BCUT2D eigenvalue weighted by atomic mass is 10.1. The molecule has 1 aromatic heterocycles. The summed E-state index contributed by atoms with van der Waals surface area (Å²) in [7, 11) is 0. The van der Waals surface area contributed by atoms with Crippen molar-refractivity contribution in [3.63, 3.8) is 0 Å². The van der Waals surface area contributed by atoms with Crippen molar-refractivity contribution < 1.29 is 0 Å². The zero-order valence-electron chi connectivity index (χ0n) is 9.28. The lowest BCUT2D eigenvalue weighted by Crippen LogP contribution is -2.23. The monoisotopic (exact) mass is 204 g/mol. The predicted molar refractivity (Wildman–Crippen MR) is 62.8 cm³/mol. The van der Waals surface area contributed by atoms with E-state index in [4.69, 9.17) is 0 Å². The molecule has 1 saturated carbocycles. The summed E-state index contributed by atoms with van der Waals surface area (Å²) in [5, 5.41) is 3.56. The molecule has 1 N–H and O–H groups in total. The summed E-state index contributed by atoms with van der Waals surface area (Å²) in [6.45, 7) is 2.31. The Morgan fingerprint density at radius 1 is 1.20 bits per heavy atom. The Bertz CT molecular complexity index is 265. The maximum absolute atomic E-state index is 4.02. The van der Waals surface area contributed by atoms with Crippen molar-refractivity contribution in [2.75, 3.05) is 13.1 Å². The lowest BCUT2D eigenvalue weighted by Gasteiger charge is -2.10. The van der Waals surface area contributed by atoms with Crippen molar-refractivity contribution in [3.8, 4) is 0 Å². The fourth-order valence-electron chi connectivity index (χ4n) is 2.30. The smallest absolute Gasteiger partial charge is 0.0270 e. The van der Waals surface area contributed by atoms with Crippen LogP contribution in [0.1, 0.15) is 31.2 Å². The third kappa shape index (κ3) is 3.63. The van der Waals surface area contributed by atoms with Crippen molar-refractivity contribution in [2.45, 2.75) is 32.1 Å². The quantitative estimate of drug-likeness (QED) is 0.745. The minimum absolute atomic E-state index is 0.947. The van der Waals surface area contributed by atoms with Crippen LogP contribution in [0.5, 0.6) is 0 Å². The second-order valence-electron chi connectivity index (χ2n) is 4.46. The van der Waals surface area contributed by atoms with Crippen LogP contribution in [0, 0.1) is 5.92 Å². The largest absolute Gasteiger partial charge is 0.316 e. The van der Waals surface area contributed by atoms with Gasteiger partial charge >= 0.3 is 0 Å². The molecule has 82 valence electrons. The fraction of sp³-hybridized carbons (Fsp3) is 0.615. The van der Waals surface area contributed by atoms with Crippen LogP contribution in [0.3, 0.4) is 0 Å². The number of aromatic nitrogens is 1. The molecule has 2 nitrogen and oxygen atoms in total. The summed E-state index contributed by atoms with van der Waals surface area (Å²) >= 11 is 0. The van der Waals surface area contributed by atoms with E-state index in [-0.39, 0.29) is 0 Å². The standard InChI is InChI=1S/C13H20N2/c1-2-4-13(3-1)11-15-10-7-12-5-8-14-9-6-12/h5-6,8-9,13,15H,1-4,7,10-11H2. The summed E-state index contributed by atoms with van der Waals surface area (Å²) in [5.41, 5.74) is 1.38. The van der Waals surface area contributed by atoms with E-state index in [1.165, 1.54) is 37.8 Å². The molecule has 15 heavy (non-hydrogen) atoms. The van der Waals surface area contributed by atoms with Gasteiger partial charge in [0.1, 0.15) is 0 Å². The van der Waals surface area contributed by atoms with Gasteiger partial charge in [-0.1, -0.05) is 12.8 Å². The van der Waals surface area contributed by atoms with E-state index in [1.54, 1.807) is 0 Å². The average Bonchev–Trinajstić information content (AvgIpc) is 2.79. The Labute approximate surface area is 92.1 Å². The molecule has 2 heteroatoms. The lowest BCUT2D eigenvalue weighted by molar-refractivity contribution is 0.492. The van der Waals surface area contributed by atoms with Gasteiger partial charge in [0.2, 0.25) is 0 Å². The highest BCUT2D eigenvalue weighted by Gasteiger charge is 2.13. The first-order valence-corrected chi connectivity index (χ1v) is 6.05. The first-order valence-electron chi connectivity index (χ1n) is 6.05. The molecule has 0 bridgehead atoms. The predicted octanol–water partition coefficient (Wildman–Crippen LogP) is 2.40. The first-order chi connectivity index (χ1) is 7.45. The third-order valence-corrected chi connectivity index (χ3v) is 3.25. The van der Waals surface area contributed by atoms with Crippen LogP contribution in [-0.2, 0) is 6.42 Å². The third-order valence-electron chi connectivity index (χ3n) is 3.25. The van der Waals surface area contributed by atoms with Gasteiger partial charge in [0.25, 0.3) is 0 Å². The Morgan fingerprint density at radius 3 is 2.67 bits per heavy atom. The molecule has 1 aliphatic rings. The van der Waals surface area contributed by atoms with Crippen LogP contribution < -0.4 is 5.32 Å². The van der Waals surface area contributed by atoms with E-state index in [2.05, 4.69) is 22.4 Å². The normalized spacial score (nSPS) is 17.1. The molecular formula is C13H20N2. The van der Waals surface area contributed by atoms with Crippen LogP contribution in [0.2, 0.25) is 0 Å². The van der Waals surface area contributed by atoms with Gasteiger partial charge in [0.05, 0.1) is 0 Å². The Morgan fingerprint density at radius 2 is 1.93 bits per heavy atom. The number of nitrogens with zero attached hydrogens (tertiary/aromatic N) is 1. The second-order valence-corrected chi connectivity index (χ2v) is 4.46. The zero-order chi connectivity index (χ0) is 10.3. The molecule has 1 aromatic rings. The van der Waals surface area contributed by atoms with E-state index in [1.807, 2.05) is 12.4 Å². The second kappa shape index (κ2) is 5.86. The molecule has 1 heterocycles. The van der Waals surface area contributed by atoms with E-state index in [9.17, 15) is 0 Å². The van der Waals surface area contributed by atoms with Gasteiger partial charge in [-0.05, 0) is 56.0 Å². The number of hydrogen-bond donors (Lipinski definition) is 1. The van der Waals surface area contributed by atoms with Gasteiger partial charge in [-0.2, -0.15) is 0 Å². The van der Waals surface area contributed by atoms with Gasteiger partial charge in [-0.3, -0.25) is 4.98 Å². The molecule has 0 aliphatic heterocycles. The molecule has 1 aliphatic carbocycles. The average molecular weight is 204 g/mol. The summed E-state index contributed by atoms with van der Waals surface area (Å²) in [4.78, 5) is 4.02. The van der Waals surface area contributed by atoms with Crippen molar-refractivity contribution in [1.29, 1.82) is 0 Å². The highest BCUT2D eigenvalue weighted by Crippen LogP contribution is 2.23. The molecule has 0 spiro atoms. The number of rotatable bonds is 5. The number of pyridine rings is 1. The summed E-state index contributed by atoms with van der Waals surface area (Å²) < 4.78 is 0. The highest BCUT2D eigenvalue weighted by molar-refractivity contribution is 5.09. The van der Waals surface area contributed by atoms with Crippen LogP contribution in [0.25, 0.3) is 0 Å². The van der Waals surface area contributed by atoms with Crippen molar-refractivity contribution in [3.05, 3.63) is 30.1 Å². The van der Waals surface area contributed by atoms with Crippen LogP contribution in [0.4, 0.5) is 0 Å². The Hall–Kier alpha value is -0.890. The number of nitrogens with one attached hydrogen (secondary N) is 1. The van der Waals surface area contributed by atoms with Crippen molar-refractivity contribution in [1.82, 2.24) is 10.3 Å². The number of hydrogen-bond acceptors (Lipinski definition) is 2. The van der Waals surface area contributed by atoms with E-state index < -0.39 is 0 Å². The molecule has 0 aromatic carbocycles. The molecular weight excluding hydrogens is 184 g/mol. The zero-order valence-corrected chi connectivity index (χ0v) is 9.28. The summed E-state index contributed by atoms with van der Waals surface area (Å²) in [6, 6.07) is 4.19. The molecule has 2 rings (SSSR count). The van der Waals surface area contributed by atoms with Crippen molar-refractivity contribution >= 4 is 0 Å². The van der Waals surface area contributed by atoms with E-state index in [0.717, 1.165) is 18.9 Å². The molecule has 0 amide bonds. The van der Waals surface area contributed by atoms with Crippen LogP contribution >= 0.6 is 0 Å². The van der Waals surface area contributed by atoms with Gasteiger partial charge in [-0.25, -0.2) is 0 Å². The SMILES string of the molecule is c1cc(CCNCC2CCCC2)ccn1. The van der Waals surface area contributed by atoms with E-state index in [0.29, 0.717) is 0 Å².